The Balaban J connectivity index is 3.08. The van der Waals surface area contributed by atoms with E-state index in [2.05, 4.69) is 15.5 Å². The minimum absolute atomic E-state index is 0.103. The van der Waals surface area contributed by atoms with Crippen LogP contribution in [-0.2, 0) is 0 Å². The van der Waals surface area contributed by atoms with E-state index in [9.17, 15) is 0 Å². The SMILES string of the molecule is CNc1nc(C)c(/C(N)=N\O)s1. The van der Waals surface area contributed by atoms with Crippen molar-refractivity contribution in [1.29, 1.82) is 0 Å². The van der Waals surface area contributed by atoms with E-state index in [1.54, 1.807) is 7.05 Å². The normalized spacial score (nSPS) is 11.7. The molecular weight excluding hydrogens is 176 g/mol. The van der Waals surface area contributed by atoms with Crippen LogP contribution in [0.4, 0.5) is 5.13 Å². The Bertz CT molecular complexity index is 306. The molecule has 1 aromatic heterocycles. The van der Waals surface area contributed by atoms with E-state index in [1.165, 1.54) is 11.3 Å². The van der Waals surface area contributed by atoms with Gasteiger partial charge in [-0.25, -0.2) is 4.98 Å². The number of hydrogen-bond acceptors (Lipinski definition) is 5. The summed E-state index contributed by atoms with van der Waals surface area (Å²) in [7, 11) is 1.77. The van der Waals surface area contributed by atoms with Crippen LogP contribution in [0.3, 0.4) is 0 Å². The quantitative estimate of drug-likeness (QED) is 0.273. The van der Waals surface area contributed by atoms with E-state index in [1.807, 2.05) is 6.92 Å². The molecule has 0 atom stereocenters. The first-order chi connectivity index (χ1) is 5.69. The summed E-state index contributed by atoms with van der Waals surface area (Å²) in [6.45, 7) is 1.81. The first-order valence-corrected chi connectivity index (χ1v) is 4.13. The van der Waals surface area contributed by atoms with Gasteiger partial charge in [0.05, 0.1) is 10.6 Å². The molecule has 0 bridgehead atoms. The fourth-order valence-electron chi connectivity index (χ4n) is 0.786. The number of rotatable bonds is 2. The van der Waals surface area contributed by atoms with Gasteiger partial charge in [-0.1, -0.05) is 16.5 Å². The van der Waals surface area contributed by atoms with E-state index in [-0.39, 0.29) is 5.84 Å². The molecule has 0 saturated heterocycles. The van der Waals surface area contributed by atoms with Crippen molar-refractivity contribution < 1.29 is 5.21 Å². The monoisotopic (exact) mass is 186 g/mol. The number of amidine groups is 1. The van der Waals surface area contributed by atoms with E-state index >= 15 is 0 Å². The molecule has 6 heteroatoms. The molecule has 66 valence electrons. The Morgan fingerprint density at radius 3 is 2.83 bits per heavy atom. The molecule has 0 spiro atoms. The third-order valence-corrected chi connectivity index (χ3v) is 2.55. The summed E-state index contributed by atoms with van der Waals surface area (Å²) in [5.74, 6) is 0.103. The summed E-state index contributed by atoms with van der Waals surface area (Å²) >= 11 is 1.35. The van der Waals surface area contributed by atoms with Crippen molar-refractivity contribution in [2.45, 2.75) is 6.92 Å². The summed E-state index contributed by atoms with van der Waals surface area (Å²) < 4.78 is 0. The maximum Gasteiger partial charge on any atom is 0.183 e. The molecule has 0 unspecified atom stereocenters. The van der Waals surface area contributed by atoms with Gasteiger partial charge in [0, 0.05) is 7.05 Å². The fraction of sp³-hybridized carbons (Fsp3) is 0.333. The summed E-state index contributed by atoms with van der Waals surface area (Å²) in [4.78, 5) is 4.83. The highest BCUT2D eigenvalue weighted by molar-refractivity contribution is 7.17. The lowest BCUT2D eigenvalue weighted by Gasteiger charge is -1.91. The van der Waals surface area contributed by atoms with Gasteiger partial charge in [0.15, 0.2) is 11.0 Å². The molecular formula is C6H10N4OS. The van der Waals surface area contributed by atoms with Crippen LogP contribution in [0.2, 0.25) is 0 Å². The highest BCUT2D eigenvalue weighted by Crippen LogP contribution is 2.21. The molecule has 12 heavy (non-hydrogen) atoms. The van der Waals surface area contributed by atoms with Crippen molar-refractivity contribution in [2.75, 3.05) is 12.4 Å². The Labute approximate surface area is 73.9 Å². The second kappa shape index (κ2) is 3.40. The minimum Gasteiger partial charge on any atom is -0.409 e. The minimum atomic E-state index is 0.103. The summed E-state index contributed by atoms with van der Waals surface area (Å²) in [6, 6.07) is 0. The van der Waals surface area contributed by atoms with Crippen molar-refractivity contribution >= 4 is 22.3 Å². The second-order valence-corrected chi connectivity index (χ2v) is 3.17. The lowest BCUT2D eigenvalue weighted by molar-refractivity contribution is 0.318. The largest absolute Gasteiger partial charge is 0.409 e. The Morgan fingerprint density at radius 1 is 1.75 bits per heavy atom. The molecule has 1 rings (SSSR count). The molecule has 0 fully saturated rings. The second-order valence-electron chi connectivity index (χ2n) is 2.17. The van der Waals surface area contributed by atoms with Crippen LogP contribution in [-0.4, -0.2) is 23.1 Å². The number of nitrogens with two attached hydrogens (primary N) is 1. The standard InChI is InChI=1S/C6H10N4OS/c1-3-4(5(7)10-11)12-6(8-2)9-3/h11H,1-2H3,(H2,7,10)(H,8,9). The van der Waals surface area contributed by atoms with Gasteiger partial charge in [-0.15, -0.1) is 0 Å². The van der Waals surface area contributed by atoms with Crippen LogP contribution in [0.1, 0.15) is 10.6 Å². The van der Waals surface area contributed by atoms with Gasteiger partial charge in [0.25, 0.3) is 0 Å². The maximum atomic E-state index is 8.42. The summed E-state index contributed by atoms with van der Waals surface area (Å²) in [5, 5.41) is 15.0. The van der Waals surface area contributed by atoms with Crippen molar-refractivity contribution in [1.82, 2.24) is 4.98 Å². The van der Waals surface area contributed by atoms with Crippen molar-refractivity contribution in [3.8, 4) is 0 Å². The van der Waals surface area contributed by atoms with Crippen LogP contribution in [0.15, 0.2) is 5.16 Å². The molecule has 0 aliphatic carbocycles. The average molecular weight is 186 g/mol. The topological polar surface area (TPSA) is 83.5 Å². The van der Waals surface area contributed by atoms with Crippen molar-refractivity contribution in [2.24, 2.45) is 10.9 Å². The predicted octanol–water partition coefficient (Wildman–Crippen LogP) is 0.588. The maximum absolute atomic E-state index is 8.42. The van der Waals surface area contributed by atoms with Gasteiger partial charge in [-0.05, 0) is 6.92 Å². The third-order valence-electron chi connectivity index (χ3n) is 1.35. The zero-order chi connectivity index (χ0) is 9.14. The number of nitrogens with zero attached hydrogens (tertiary/aromatic N) is 2. The summed E-state index contributed by atoms with van der Waals surface area (Å²) in [5.41, 5.74) is 6.17. The van der Waals surface area contributed by atoms with Gasteiger partial charge in [-0.3, -0.25) is 0 Å². The van der Waals surface area contributed by atoms with Gasteiger partial charge in [0.2, 0.25) is 0 Å². The van der Waals surface area contributed by atoms with Gasteiger partial charge < -0.3 is 16.3 Å². The van der Waals surface area contributed by atoms with Crippen LogP contribution in [0.5, 0.6) is 0 Å². The van der Waals surface area contributed by atoms with E-state index < -0.39 is 0 Å². The molecule has 1 heterocycles. The highest BCUT2D eigenvalue weighted by atomic mass is 32.1. The lowest BCUT2D eigenvalue weighted by atomic mass is 10.4. The number of aryl methyl sites for hydroxylation is 1. The molecule has 0 radical (unpaired) electrons. The van der Waals surface area contributed by atoms with E-state index in [4.69, 9.17) is 10.9 Å². The van der Waals surface area contributed by atoms with Crippen LogP contribution >= 0.6 is 11.3 Å². The number of anilines is 1. The molecule has 0 amide bonds. The molecule has 5 nitrogen and oxygen atoms in total. The molecule has 0 aliphatic heterocycles. The van der Waals surface area contributed by atoms with Crippen LogP contribution in [0, 0.1) is 6.92 Å². The zero-order valence-corrected chi connectivity index (χ0v) is 7.64. The van der Waals surface area contributed by atoms with Gasteiger partial charge >= 0.3 is 0 Å². The predicted molar refractivity (Wildman–Crippen MR) is 48.9 cm³/mol. The summed E-state index contributed by atoms with van der Waals surface area (Å²) in [6.07, 6.45) is 0. The number of oxime groups is 1. The molecule has 0 saturated carbocycles. The lowest BCUT2D eigenvalue weighted by Crippen LogP contribution is -2.12. The smallest absolute Gasteiger partial charge is 0.183 e. The molecule has 4 N–H and O–H groups in total. The van der Waals surface area contributed by atoms with E-state index in [0.717, 1.165) is 10.8 Å². The average Bonchev–Trinajstić information content (AvgIpc) is 2.45. The first kappa shape index (κ1) is 8.79. The van der Waals surface area contributed by atoms with Crippen molar-refractivity contribution in [3.05, 3.63) is 10.6 Å². The van der Waals surface area contributed by atoms with Crippen molar-refractivity contribution in [3.63, 3.8) is 0 Å². The molecule has 0 aliphatic rings. The fourth-order valence-corrected chi connectivity index (χ4v) is 1.60. The van der Waals surface area contributed by atoms with Gasteiger partial charge in [-0.2, -0.15) is 0 Å². The van der Waals surface area contributed by atoms with E-state index in [0.29, 0.717) is 4.88 Å². The highest BCUT2D eigenvalue weighted by Gasteiger charge is 2.09. The zero-order valence-electron chi connectivity index (χ0n) is 6.83. The van der Waals surface area contributed by atoms with Crippen LogP contribution in [0.25, 0.3) is 0 Å². The first-order valence-electron chi connectivity index (χ1n) is 3.32. The Morgan fingerprint density at radius 2 is 2.42 bits per heavy atom. The number of nitrogens with one attached hydrogen (secondary N) is 1. The van der Waals surface area contributed by atoms with Crippen LogP contribution < -0.4 is 11.1 Å². The number of aromatic nitrogens is 1. The third kappa shape index (κ3) is 1.48. The number of thiazole rings is 1. The molecule has 1 aromatic rings. The molecule has 0 aromatic carbocycles. The van der Waals surface area contributed by atoms with Gasteiger partial charge in [0.1, 0.15) is 0 Å². The Kier molecular flexibility index (Phi) is 2.49. The number of hydrogen-bond donors (Lipinski definition) is 3. The Hall–Kier alpha value is -1.30.